The van der Waals surface area contributed by atoms with Gasteiger partial charge in [-0.05, 0) is 39.7 Å². The number of nitrogens with one attached hydrogen (secondary N) is 1. The standard InChI is InChI=1S/C15H21NO4S/c1-5-19-15(18)12-9(3)10(4)21-14(12)16-13(17)11-6-8(2)20-7-11/h8,11H,5-7H2,1-4H3,(H,16,17). The van der Waals surface area contributed by atoms with Gasteiger partial charge in [0.15, 0.2) is 0 Å². The zero-order chi connectivity index (χ0) is 15.6. The van der Waals surface area contributed by atoms with Crippen molar-refractivity contribution in [3.05, 3.63) is 16.0 Å². The predicted molar refractivity (Wildman–Crippen MR) is 81.9 cm³/mol. The van der Waals surface area contributed by atoms with E-state index in [1.54, 1.807) is 6.92 Å². The van der Waals surface area contributed by atoms with E-state index in [2.05, 4.69) is 5.32 Å². The molecule has 1 N–H and O–H groups in total. The van der Waals surface area contributed by atoms with Gasteiger partial charge in [0.05, 0.1) is 30.8 Å². The van der Waals surface area contributed by atoms with Crippen LogP contribution in [-0.4, -0.2) is 31.2 Å². The molecule has 1 amide bonds. The Morgan fingerprint density at radius 1 is 1.43 bits per heavy atom. The molecule has 1 aromatic heterocycles. The molecule has 0 bridgehead atoms. The molecule has 1 aromatic rings. The first-order valence-electron chi connectivity index (χ1n) is 7.13. The van der Waals surface area contributed by atoms with Gasteiger partial charge in [0.2, 0.25) is 5.91 Å². The molecular weight excluding hydrogens is 290 g/mol. The highest BCUT2D eigenvalue weighted by Gasteiger charge is 2.30. The summed E-state index contributed by atoms with van der Waals surface area (Å²) in [4.78, 5) is 25.3. The van der Waals surface area contributed by atoms with E-state index < -0.39 is 0 Å². The van der Waals surface area contributed by atoms with Crippen molar-refractivity contribution < 1.29 is 19.1 Å². The Hall–Kier alpha value is -1.40. The number of thiophene rings is 1. The van der Waals surface area contributed by atoms with E-state index in [-0.39, 0.29) is 23.9 Å². The highest BCUT2D eigenvalue weighted by Crippen LogP contribution is 2.34. The Labute approximate surface area is 128 Å². The van der Waals surface area contributed by atoms with E-state index in [9.17, 15) is 9.59 Å². The lowest BCUT2D eigenvalue weighted by atomic mass is 10.1. The SMILES string of the molecule is CCOC(=O)c1c(NC(=O)C2COC(C)C2)sc(C)c1C. The normalized spacial score (nSPS) is 21.3. The smallest absolute Gasteiger partial charge is 0.341 e. The third kappa shape index (κ3) is 3.44. The fourth-order valence-electron chi connectivity index (χ4n) is 2.38. The fourth-order valence-corrected chi connectivity index (χ4v) is 3.43. The number of esters is 1. The van der Waals surface area contributed by atoms with Gasteiger partial charge in [-0.3, -0.25) is 4.79 Å². The molecule has 6 heteroatoms. The average Bonchev–Trinajstić information content (AvgIpc) is 2.95. The van der Waals surface area contributed by atoms with E-state index in [0.717, 1.165) is 10.4 Å². The average molecular weight is 311 g/mol. The van der Waals surface area contributed by atoms with Gasteiger partial charge in [-0.2, -0.15) is 0 Å². The minimum Gasteiger partial charge on any atom is -0.462 e. The minimum absolute atomic E-state index is 0.0915. The van der Waals surface area contributed by atoms with Crippen LogP contribution in [0, 0.1) is 19.8 Å². The van der Waals surface area contributed by atoms with Crippen LogP contribution in [0.15, 0.2) is 0 Å². The quantitative estimate of drug-likeness (QED) is 0.868. The summed E-state index contributed by atoms with van der Waals surface area (Å²) in [5, 5.41) is 3.45. The summed E-state index contributed by atoms with van der Waals surface area (Å²) in [5.74, 6) is -0.630. The summed E-state index contributed by atoms with van der Waals surface area (Å²) >= 11 is 1.41. The monoisotopic (exact) mass is 311 g/mol. The van der Waals surface area contributed by atoms with Crippen molar-refractivity contribution in [3.63, 3.8) is 0 Å². The number of aryl methyl sites for hydroxylation is 1. The van der Waals surface area contributed by atoms with Crippen LogP contribution in [0.5, 0.6) is 0 Å². The number of carbonyl (C=O) groups is 2. The molecule has 1 aliphatic heterocycles. The second-order valence-corrected chi connectivity index (χ2v) is 6.50. The molecule has 1 aliphatic rings. The predicted octanol–water partition coefficient (Wildman–Crippen LogP) is 2.91. The van der Waals surface area contributed by atoms with E-state index in [0.29, 0.717) is 30.2 Å². The van der Waals surface area contributed by atoms with Gasteiger partial charge >= 0.3 is 5.97 Å². The van der Waals surface area contributed by atoms with Gasteiger partial charge in [0.1, 0.15) is 5.00 Å². The van der Waals surface area contributed by atoms with Crippen LogP contribution < -0.4 is 5.32 Å². The van der Waals surface area contributed by atoms with Crippen molar-refractivity contribution in [1.82, 2.24) is 0 Å². The van der Waals surface area contributed by atoms with Crippen LogP contribution in [0.3, 0.4) is 0 Å². The van der Waals surface area contributed by atoms with Crippen molar-refractivity contribution in [2.24, 2.45) is 5.92 Å². The molecule has 0 aromatic carbocycles. The van der Waals surface area contributed by atoms with E-state index in [1.165, 1.54) is 11.3 Å². The first kappa shape index (κ1) is 16.0. The van der Waals surface area contributed by atoms with Crippen molar-refractivity contribution in [2.75, 3.05) is 18.5 Å². The lowest BCUT2D eigenvalue weighted by molar-refractivity contribution is -0.119. The van der Waals surface area contributed by atoms with Gasteiger partial charge in [0, 0.05) is 4.88 Å². The Morgan fingerprint density at radius 2 is 2.14 bits per heavy atom. The van der Waals surface area contributed by atoms with Crippen molar-refractivity contribution in [3.8, 4) is 0 Å². The third-order valence-electron chi connectivity index (χ3n) is 3.67. The van der Waals surface area contributed by atoms with Gasteiger partial charge in [-0.25, -0.2) is 4.79 Å². The van der Waals surface area contributed by atoms with E-state index in [4.69, 9.17) is 9.47 Å². The number of carbonyl (C=O) groups excluding carboxylic acids is 2. The number of hydrogen-bond donors (Lipinski definition) is 1. The summed E-state index contributed by atoms with van der Waals surface area (Å²) in [6.45, 7) is 8.27. The van der Waals surface area contributed by atoms with Crippen LogP contribution in [0.1, 0.15) is 41.1 Å². The third-order valence-corrected chi connectivity index (χ3v) is 4.79. The molecule has 0 aliphatic carbocycles. The zero-order valence-electron chi connectivity index (χ0n) is 12.8. The molecule has 5 nitrogen and oxygen atoms in total. The second-order valence-electron chi connectivity index (χ2n) is 5.27. The Kier molecular flexibility index (Phi) is 5.00. The Bertz CT molecular complexity index is 552. The molecule has 21 heavy (non-hydrogen) atoms. The maximum atomic E-state index is 12.3. The summed E-state index contributed by atoms with van der Waals surface area (Å²) < 4.78 is 10.5. The molecule has 116 valence electrons. The molecule has 0 saturated carbocycles. The maximum absolute atomic E-state index is 12.3. The van der Waals surface area contributed by atoms with Crippen LogP contribution >= 0.6 is 11.3 Å². The number of amides is 1. The Balaban J connectivity index is 2.18. The molecule has 2 heterocycles. The summed E-state index contributed by atoms with van der Waals surface area (Å²) in [7, 11) is 0. The topological polar surface area (TPSA) is 64.6 Å². The largest absolute Gasteiger partial charge is 0.462 e. The Morgan fingerprint density at radius 3 is 2.71 bits per heavy atom. The molecule has 2 rings (SSSR count). The van der Waals surface area contributed by atoms with E-state index in [1.807, 2.05) is 20.8 Å². The van der Waals surface area contributed by atoms with Crippen LogP contribution in [0.25, 0.3) is 0 Å². The molecule has 0 radical (unpaired) electrons. The van der Waals surface area contributed by atoms with Gasteiger partial charge in [-0.1, -0.05) is 0 Å². The number of hydrogen-bond acceptors (Lipinski definition) is 5. The van der Waals surface area contributed by atoms with Crippen molar-refractivity contribution in [1.29, 1.82) is 0 Å². The van der Waals surface area contributed by atoms with Gasteiger partial charge in [0.25, 0.3) is 0 Å². The van der Waals surface area contributed by atoms with E-state index >= 15 is 0 Å². The zero-order valence-corrected chi connectivity index (χ0v) is 13.6. The van der Waals surface area contributed by atoms with Crippen LogP contribution in [0.4, 0.5) is 5.00 Å². The lowest BCUT2D eigenvalue weighted by Gasteiger charge is -2.10. The highest BCUT2D eigenvalue weighted by atomic mass is 32.1. The first-order chi connectivity index (χ1) is 9.93. The molecule has 0 spiro atoms. The second kappa shape index (κ2) is 6.58. The molecular formula is C15H21NO4S. The summed E-state index contributed by atoms with van der Waals surface area (Å²) in [6.07, 6.45) is 0.821. The van der Waals surface area contributed by atoms with Gasteiger partial charge < -0.3 is 14.8 Å². The van der Waals surface area contributed by atoms with Crippen molar-refractivity contribution in [2.45, 2.75) is 40.2 Å². The number of anilines is 1. The molecule has 2 unspecified atom stereocenters. The number of rotatable bonds is 4. The lowest BCUT2D eigenvalue weighted by Crippen LogP contribution is -2.23. The van der Waals surface area contributed by atoms with Gasteiger partial charge in [-0.15, -0.1) is 11.3 Å². The fraction of sp³-hybridized carbons (Fsp3) is 0.600. The number of ether oxygens (including phenoxy) is 2. The molecule has 1 fully saturated rings. The summed E-state index contributed by atoms with van der Waals surface area (Å²) in [5.41, 5.74) is 1.34. The minimum atomic E-state index is -0.384. The first-order valence-corrected chi connectivity index (χ1v) is 7.95. The van der Waals surface area contributed by atoms with Crippen LogP contribution in [-0.2, 0) is 14.3 Å². The van der Waals surface area contributed by atoms with Crippen molar-refractivity contribution >= 4 is 28.2 Å². The summed E-state index contributed by atoms with van der Waals surface area (Å²) in [6, 6.07) is 0. The van der Waals surface area contributed by atoms with Crippen LogP contribution in [0.2, 0.25) is 0 Å². The molecule has 1 saturated heterocycles. The highest BCUT2D eigenvalue weighted by molar-refractivity contribution is 7.16. The molecule has 2 atom stereocenters. The maximum Gasteiger partial charge on any atom is 0.341 e.